The fourth-order valence-corrected chi connectivity index (χ4v) is 1.24. The van der Waals surface area contributed by atoms with Gasteiger partial charge in [-0.25, -0.2) is 0 Å². The van der Waals surface area contributed by atoms with Crippen LogP contribution in [0.1, 0.15) is 25.3 Å². The summed E-state index contributed by atoms with van der Waals surface area (Å²) in [6, 6.07) is 10.3. The summed E-state index contributed by atoms with van der Waals surface area (Å²) in [4.78, 5) is 0. The van der Waals surface area contributed by atoms with Gasteiger partial charge in [-0.05, 0) is 24.9 Å². The van der Waals surface area contributed by atoms with E-state index in [1.54, 1.807) is 0 Å². The first-order chi connectivity index (χ1) is 6.83. The maximum absolute atomic E-state index is 9.23. The number of benzene rings is 1. The molecule has 1 radical (unpaired) electrons. The fraction of sp³-hybridized carbons (Fsp3) is 0.417. The third kappa shape index (κ3) is 4.40. The monoisotopic (exact) mass is 192 g/mol. The summed E-state index contributed by atoms with van der Waals surface area (Å²) < 4.78 is 0. The van der Waals surface area contributed by atoms with E-state index in [9.17, 15) is 5.11 Å². The van der Waals surface area contributed by atoms with Crippen LogP contribution >= 0.6 is 0 Å². The van der Waals surface area contributed by atoms with Crippen molar-refractivity contribution >= 4 is 0 Å². The van der Waals surface area contributed by atoms with Crippen LogP contribution < -0.4 is 5.32 Å². The van der Waals surface area contributed by atoms with Crippen LogP contribution in [0.3, 0.4) is 0 Å². The maximum Gasteiger partial charge on any atom is 0.0943 e. The molecule has 2 heteroatoms. The lowest BCUT2D eigenvalue weighted by molar-refractivity contribution is 0.272. The van der Waals surface area contributed by atoms with Gasteiger partial charge in [0.1, 0.15) is 0 Å². The second-order valence-electron chi connectivity index (χ2n) is 3.33. The van der Waals surface area contributed by atoms with Gasteiger partial charge >= 0.3 is 0 Å². The van der Waals surface area contributed by atoms with Gasteiger partial charge in [0.15, 0.2) is 0 Å². The van der Waals surface area contributed by atoms with Gasteiger partial charge in [-0.2, -0.15) is 0 Å². The molecule has 0 aliphatic rings. The van der Waals surface area contributed by atoms with E-state index >= 15 is 0 Å². The molecular weight excluding hydrogens is 174 g/mol. The van der Waals surface area contributed by atoms with Crippen molar-refractivity contribution in [3.8, 4) is 0 Å². The van der Waals surface area contributed by atoms with Crippen LogP contribution in [0.15, 0.2) is 30.3 Å². The largest absolute Gasteiger partial charge is 0.387 e. The Morgan fingerprint density at radius 2 is 2.00 bits per heavy atom. The highest BCUT2D eigenvalue weighted by molar-refractivity contribution is 5.14. The zero-order valence-corrected chi connectivity index (χ0v) is 8.66. The minimum Gasteiger partial charge on any atom is -0.387 e. The average Bonchev–Trinajstić information content (AvgIpc) is 2.25. The van der Waals surface area contributed by atoms with Crippen molar-refractivity contribution < 1.29 is 5.11 Å². The fourth-order valence-electron chi connectivity index (χ4n) is 1.24. The molecule has 14 heavy (non-hydrogen) atoms. The lowest BCUT2D eigenvalue weighted by atomic mass is 10.2. The molecule has 1 aromatic carbocycles. The highest BCUT2D eigenvalue weighted by Crippen LogP contribution is 2.04. The molecule has 2 N–H and O–H groups in total. The third-order valence-electron chi connectivity index (χ3n) is 2.17. The lowest BCUT2D eigenvalue weighted by Gasteiger charge is -2.07. The van der Waals surface area contributed by atoms with E-state index in [1.807, 2.05) is 25.1 Å². The Balaban J connectivity index is 2.10. The molecule has 0 heterocycles. The summed E-state index contributed by atoms with van der Waals surface area (Å²) in [7, 11) is 0. The maximum atomic E-state index is 9.23. The zero-order valence-electron chi connectivity index (χ0n) is 8.66. The molecule has 2 nitrogen and oxygen atoms in total. The van der Waals surface area contributed by atoms with Crippen molar-refractivity contribution in [1.82, 2.24) is 5.32 Å². The average molecular weight is 192 g/mol. The van der Waals surface area contributed by atoms with Gasteiger partial charge in [0.25, 0.3) is 0 Å². The molecule has 1 aromatic rings. The van der Waals surface area contributed by atoms with Crippen LogP contribution in [0, 0.1) is 6.10 Å². The quantitative estimate of drug-likeness (QED) is 0.679. The highest BCUT2D eigenvalue weighted by atomic mass is 16.3. The lowest BCUT2D eigenvalue weighted by Crippen LogP contribution is -2.16. The van der Waals surface area contributed by atoms with Crippen LogP contribution in [0.25, 0.3) is 0 Å². The summed E-state index contributed by atoms with van der Waals surface area (Å²) in [6.07, 6.45) is 2.08. The standard InChI is InChI=1S/C12H18NO/c1-2-12(14)8-9-13-10-11-6-4-3-5-7-11/h3-7,13-14H,2,8-10H2,1H3. The van der Waals surface area contributed by atoms with E-state index in [2.05, 4.69) is 17.4 Å². The second-order valence-corrected chi connectivity index (χ2v) is 3.33. The Labute approximate surface area is 86.0 Å². The van der Waals surface area contributed by atoms with E-state index in [4.69, 9.17) is 0 Å². The molecule has 0 saturated carbocycles. The van der Waals surface area contributed by atoms with Gasteiger partial charge in [0, 0.05) is 6.54 Å². The van der Waals surface area contributed by atoms with Crippen molar-refractivity contribution in [2.24, 2.45) is 0 Å². The Morgan fingerprint density at radius 1 is 1.29 bits per heavy atom. The van der Waals surface area contributed by atoms with E-state index in [-0.39, 0.29) is 0 Å². The molecule has 0 saturated heterocycles. The molecule has 0 amide bonds. The molecule has 0 aromatic heterocycles. The Kier molecular flexibility index (Phi) is 5.27. The molecule has 0 aliphatic carbocycles. The SMILES string of the molecule is CC[C](O)CCNCc1ccccc1. The number of aliphatic hydroxyl groups is 1. The Bertz CT molecular complexity index is 235. The first-order valence-corrected chi connectivity index (χ1v) is 5.11. The van der Waals surface area contributed by atoms with Crippen molar-refractivity contribution in [1.29, 1.82) is 0 Å². The molecule has 0 unspecified atom stereocenters. The number of aliphatic hydroxyl groups excluding tert-OH is 1. The van der Waals surface area contributed by atoms with Crippen molar-refractivity contribution in [3.63, 3.8) is 0 Å². The number of hydrogen-bond acceptors (Lipinski definition) is 2. The molecule has 77 valence electrons. The molecular formula is C12H18NO. The van der Waals surface area contributed by atoms with Gasteiger partial charge < -0.3 is 10.4 Å². The smallest absolute Gasteiger partial charge is 0.0943 e. The number of hydrogen-bond donors (Lipinski definition) is 2. The molecule has 0 bridgehead atoms. The summed E-state index contributed by atoms with van der Waals surface area (Å²) in [5, 5.41) is 12.5. The number of nitrogens with one attached hydrogen (secondary N) is 1. The number of rotatable bonds is 6. The first kappa shape index (κ1) is 11.2. The molecule has 0 spiro atoms. The summed E-state index contributed by atoms with van der Waals surface area (Å²) >= 11 is 0. The summed E-state index contributed by atoms with van der Waals surface area (Å²) in [5.41, 5.74) is 1.28. The topological polar surface area (TPSA) is 32.3 Å². The molecule has 0 fully saturated rings. The van der Waals surface area contributed by atoms with E-state index < -0.39 is 0 Å². The van der Waals surface area contributed by atoms with Gasteiger partial charge in [0.2, 0.25) is 0 Å². The Hall–Kier alpha value is -0.860. The third-order valence-corrected chi connectivity index (χ3v) is 2.17. The minimum atomic E-state index is 0.575. The summed E-state index contributed by atoms with van der Waals surface area (Å²) in [6.45, 7) is 3.68. The first-order valence-electron chi connectivity index (χ1n) is 5.11. The van der Waals surface area contributed by atoms with Crippen LogP contribution in [0.2, 0.25) is 0 Å². The molecule has 1 rings (SSSR count). The normalized spacial score (nSPS) is 10.8. The second kappa shape index (κ2) is 6.57. The van der Waals surface area contributed by atoms with Crippen molar-refractivity contribution in [3.05, 3.63) is 42.0 Å². The van der Waals surface area contributed by atoms with Crippen LogP contribution in [-0.4, -0.2) is 11.7 Å². The zero-order chi connectivity index (χ0) is 10.2. The van der Waals surface area contributed by atoms with Gasteiger partial charge in [-0.3, -0.25) is 0 Å². The predicted molar refractivity (Wildman–Crippen MR) is 58.2 cm³/mol. The Morgan fingerprint density at radius 3 is 2.64 bits per heavy atom. The summed E-state index contributed by atoms with van der Waals surface area (Å²) in [5.74, 6) is 0. The van der Waals surface area contributed by atoms with Gasteiger partial charge in [-0.15, -0.1) is 0 Å². The van der Waals surface area contributed by atoms with E-state index in [0.29, 0.717) is 6.10 Å². The molecule has 0 aliphatic heterocycles. The van der Waals surface area contributed by atoms with E-state index in [0.717, 1.165) is 25.9 Å². The van der Waals surface area contributed by atoms with E-state index in [1.165, 1.54) is 5.56 Å². The predicted octanol–water partition coefficient (Wildman–Crippen LogP) is 2.48. The highest BCUT2D eigenvalue weighted by Gasteiger charge is 2.00. The van der Waals surface area contributed by atoms with Crippen LogP contribution in [0.4, 0.5) is 0 Å². The van der Waals surface area contributed by atoms with Crippen LogP contribution in [0.5, 0.6) is 0 Å². The van der Waals surface area contributed by atoms with Crippen molar-refractivity contribution in [2.75, 3.05) is 6.54 Å². The minimum absolute atomic E-state index is 0.575. The molecule has 0 atom stereocenters. The van der Waals surface area contributed by atoms with Crippen LogP contribution in [-0.2, 0) is 6.54 Å². The van der Waals surface area contributed by atoms with Gasteiger partial charge in [0.05, 0.1) is 6.10 Å². The van der Waals surface area contributed by atoms with Crippen molar-refractivity contribution in [2.45, 2.75) is 26.3 Å². The van der Waals surface area contributed by atoms with Gasteiger partial charge in [-0.1, -0.05) is 37.3 Å².